The first-order valence-electron chi connectivity index (χ1n) is 24.2. The van der Waals surface area contributed by atoms with Crippen LogP contribution in [0.1, 0.15) is 157 Å². The first-order valence-corrected chi connectivity index (χ1v) is 24.2. The van der Waals surface area contributed by atoms with Crippen molar-refractivity contribution in [2.24, 2.45) is 0 Å². The number of nitrogens with two attached hydrogens (primary N) is 4. The van der Waals surface area contributed by atoms with Crippen LogP contribution in [0.5, 0.6) is 23.0 Å². The lowest BCUT2D eigenvalue weighted by Gasteiger charge is -2.24. The van der Waals surface area contributed by atoms with E-state index in [2.05, 4.69) is 20.8 Å². The Morgan fingerprint density at radius 3 is 0.985 bits per heavy atom. The average molecular weight is 896 g/mol. The van der Waals surface area contributed by atoms with E-state index in [1.807, 2.05) is 48.5 Å². The number of ether oxygens (including phenoxy) is 4. The highest BCUT2D eigenvalue weighted by Gasteiger charge is 2.34. The van der Waals surface area contributed by atoms with Gasteiger partial charge in [-0.25, -0.2) is 0 Å². The second-order valence-electron chi connectivity index (χ2n) is 17.9. The van der Waals surface area contributed by atoms with Gasteiger partial charge in [0.2, 0.25) is 0 Å². The molecule has 0 spiro atoms. The lowest BCUT2D eigenvalue weighted by molar-refractivity contribution is 0.0651. The molecule has 66 heavy (non-hydrogen) atoms. The van der Waals surface area contributed by atoms with Gasteiger partial charge in [0.05, 0.1) is 37.6 Å². The van der Waals surface area contributed by atoms with Gasteiger partial charge >= 0.3 is 0 Å². The topological polar surface area (TPSA) is 178 Å². The third kappa shape index (κ3) is 11.5. The number of hydrogen-bond donors (Lipinski definition) is 4. The Bertz CT molecular complexity index is 2350. The van der Waals surface area contributed by atoms with E-state index in [0.29, 0.717) is 92.5 Å². The van der Waals surface area contributed by atoms with Crippen molar-refractivity contribution in [3.05, 3.63) is 128 Å². The Kier molecular flexibility index (Phi) is 16.4. The maximum atomic E-state index is 12.7. The molecular formula is C55H69N5O6. The zero-order valence-corrected chi connectivity index (χ0v) is 39.3. The molecule has 8 N–H and O–H groups in total. The summed E-state index contributed by atoms with van der Waals surface area (Å²) in [6.07, 6.45) is 12.6. The molecule has 5 aromatic rings. The van der Waals surface area contributed by atoms with Gasteiger partial charge in [0, 0.05) is 99.5 Å². The van der Waals surface area contributed by atoms with Gasteiger partial charge in [-0.3, -0.25) is 14.5 Å². The molecule has 0 saturated carbocycles. The smallest absolute Gasteiger partial charge is 0.261 e. The van der Waals surface area contributed by atoms with Crippen LogP contribution in [-0.4, -0.2) is 49.7 Å². The van der Waals surface area contributed by atoms with Gasteiger partial charge in [-0.15, -0.1) is 0 Å². The maximum absolute atomic E-state index is 12.7. The molecule has 0 radical (unpaired) electrons. The highest BCUT2D eigenvalue weighted by molar-refractivity contribution is 6.21. The van der Waals surface area contributed by atoms with Crippen LogP contribution in [0.25, 0.3) is 0 Å². The molecule has 1 aliphatic heterocycles. The summed E-state index contributed by atoms with van der Waals surface area (Å²) < 4.78 is 26.7. The molecule has 0 aromatic heterocycles. The summed E-state index contributed by atoms with van der Waals surface area (Å²) in [5.41, 5.74) is 38.2. The van der Waals surface area contributed by atoms with Gasteiger partial charge in [-0.1, -0.05) is 71.4 Å². The van der Waals surface area contributed by atoms with Crippen LogP contribution in [0, 0.1) is 0 Å². The van der Waals surface area contributed by atoms with Gasteiger partial charge in [0.15, 0.2) is 0 Å². The van der Waals surface area contributed by atoms with Crippen LogP contribution in [0.3, 0.4) is 0 Å². The van der Waals surface area contributed by atoms with E-state index in [0.717, 1.165) is 138 Å². The largest absolute Gasteiger partial charge is 0.493 e. The van der Waals surface area contributed by atoms with Crippen LogP contribution < -0.4 is 41.9 Å². The molecule has 2 aliphatic rings. The van der Waals surface area contributed by atoms with Crippen molar-refractivity contribution in [3.8, 4) is 23.0 Å². The summed E-state index contributed by atoms with van der Waals surface area (Å²) in [6, 6.07) is 23.1. The number of carbonyl (C=O) groups excluding carboxylic acids is 2. The van der Waals surface area contributed by atoms with Crippen LogP contribution in [0.15, 0.2) is 72.8 Å². The third-order valence-corrected chi connectivity index (χ3v) is 12.3. The summed E-state index contributed by atoms with van der Waals surface area (Å²) in [5.74, 6) is 2.86. The lowest BCUT2D eigenvalue weighted by atomic mass is 9.90. The first-order chi connectivity index (χ1) is 32.1. The molecule has 350 valence electrons. The van der Waals surface area contributed by atoms with E-state index < -0.39 is 0 Å². The van der Waals surface area contributed by atoms with E-state index >= 15 is 0 Å². The number of amides is 2. The average Bonchev–Trinajstić information content (AvgIpc) is 3.52. The van der Waals surface area contributed by atoms with Crippen LogP contribution in [0.4, 0.5) is 22.7 Å². The van der Waals surface area contributed by atoms with Crippen molar-refractivity contribution < 1.29 is 28.5 Å². The molecule has 7 rings (SSSR count). The summed E-state index contributed by atoms with van der Waals surface area (Å²) in [4.78, 5) is 26.8. The fraction of sp³-hybridized carbons (Fsp3) is 0.418. The highest BCUT2D eigenvalue weighted by atomic mass is 16.5. The first kappa shape index (κ1) is 47.6. The van der Waals surface area contributed by atoms with Crippen molar-refractivity contribution in [1.82, 2.24) is 4.90 Å². The molecule has 1 aliphatic carbocycles. The number of unbranched alkanes of at least 4 members (excludes halogenated alkanes) is 7. The number of carbonyl (C=O) groups is 2. The van der Waals surface area contributed by atoms with Crippen molar-refractivity contribution in [1.29, 1.82) is 0 Å². The summed E-state index contributed by atoms with van der Waals surface area (Å²) in [7, 11) is 0. The van der Waals surface area contributed by atoms with Crippen molar-refractivity contribution in [3.63, 3.8) is 0 Å². The Balaban J connectivity index is 1.12. The minimum atomic E-state index is -0.176. The number of hydrogen-bond acceptors (Lipinski definition) is 10. The van der Waals surface area contributed by atoms with Crippen LogP contribution in [0.2, 0.25) is 0 Å². The zero-order chi connectivity index (χ0) is 46.6. The number of fused-ring (bicyclic) bond motifs is 9. The summed E-state index contributed by atoms with van der Waals surface area (Å²) >= 11 is 0. The van der Waals surface area contributed by atoms with Crippen LogP contribution >= 0.6 is 0 Å². The Labute approximate surface area is 391 Å². The predicted octanol–water partition coefficient (Wildman–Crippen LogP) is 10.9. The van der Waals surface area contributed by atoms with Crippen molar-refractivity contribution in [2.45, 2.75) is 117 Å². The Hall–Kier alpha value is -6.36. The van der Waals surface area contributed by atoms with E-state index in [1.54, 1.807) is 24.3 Å². The minimum absolute atomic E-state index is 0.176. The molecule has 0 fully saturated rings. The van der Waals surface area contributed by atoms with Crippen molar-refractivity contribution >= 4 is 34.6 Å². The molecule has 0 saturated heterocycles. The normalized spacial score (nSPS) is 13.2. The monoisotopic (exact) mass is 896 g/mol. The fourth-order valence-electron chi connectivity index (χ4n) is 9.40. The number of benzene rings is 5. The van der Waals surface area contributed by atoms with Crippen LogP contribution in [-0.2, 0) is 25.7 Å². The SMILES string of the molecule is CCCOc1c2cc(N)cc1Cc1cc(N)cc(c1OCCC)Cc1cc(N)cc(c1OCCCCCCCCCCN1C(=O)c3ccccc3C1=O)Cc1cc(N)cc(c1OCCC)C2. The molecule has 11 nitrogen and oxygen atoms in total. The number of rotatable bonds is 21. The zero-order valence-electron chi connectivity index (χ0n) is 39.3. The van der Waals surface area contributed by atoms with E-state index in [-0.39, 0.29) is 11.8 Å². The summed E-state index contributed by atoms with van der Waals surface area (Å²) in [5, 5.41) is 0. The molecule has 0 unspecified atom stereocenters. The second-order valence-corrected chi connectivity index (χ2v) is 17.9. The molecule has 11 heteroatoms. The second kappa shape index (κ2) is 22.7. The molecule has 1 heterocycles. The van der Waals surface area contributed by atoms with E-state index in [1.165, 1.54) is 4.90 Å². The molecular weight excluding hydrogens is 827 g/mol. The fourth-order valence-corrected chi connectivity index (χ4v) is 9.40. The predicted molar refractivity (Wildman–Crippen MR) is 266 cm³/mol. The highest BCUT2D eigenvalue weighted by Crippen LogP contribution is 2.42. The quantitative estimate of drug-likeness (QED) is 0.0309. The van der Waals surface area contributed by atoms with E-state index in [9.17, 15) is 9.59 Å². The van der Waals surface area contributed by atoms with Gasteiger partial charge in [0.1, 0.15) is 23.0 Å². The number of nitrogens with zero attached hydrogens (tertiary/aromatic N) is 1. The van der Waals surface area contributed by atoms with Gasteiger partial charge in [0.25, 0.3) is 11.8 Å². The number of anilines is 4. The standard InChI is InChI=1S/C55H69N5O6/c1-4-20-63-50-36-24-38-30-45(57)32-40(51(38)64-21-5-2)26-42-34-47(59)35-43(27-41-33-46(58)31-39(52(41)65-22-6-3)25-37(50)29-44(56)28-36)53(42)66-23-16-12-10-8-7-9-11-15-19-60-54(61)48-17-13-14-18-49(48)55(60)62/h13-14,17-18,28-35H,4-12,15-16,19-27,56-59H2,1-3H3. The number of imide groups is 1. The number of nitrogen functional groups attached to an aromatic ring is 4. The third-order valence-electron chi connectivity index (χ3n) is 12.3. The van der Waals surface area contributed by atoms with Crippen molar-refractivity contribution in [2.75, 3.05) is 55.9 Å². The molecule has 2 amide bonds. The van der Waals surface area contributed by atoms with Gasteiger partial charge in [-0.05, 0) is 92.8 Å². The lowest BCUT2D eigenvalue weighted by Crippen LogP contribution is -2.30. The minimum Gasteiger partial charge on any atom is -0.493 e. The molecule has 5 aromatic carbocycles. The Morgan fingerprint density at radius 2 is 0.682 bits per heavy atom. The summed E-state index contributed by atoms with van der Waals surface area (Å²) in [6.45, 7) is 8.98. The molecule has 0 atom stereocenters. The van der Waals surface area contributed by atoms with E-state index in [4.69, 9.17) is 41.9 Å². The molecule has 8 bridgehead atoms. The Morgan fingerprint density at radius 1 is 0.409 bits per heavy atom. The maximum Gasteiger partial charge on any atom is 0.261 e. The van der Waals surface area contributed by atoms with Gasteiger partial charge < -0.3 is 41.9 Å². The van der Waals surface area contributed by atoms with Gasteiger partial charge in [-0.2, -0.15) is 0 Å².